The smallest absolute Gasteiger partial charge is 0.300 e. The summed E-state index contributed by atoms with van der Waals surface area (Å²) in [5.41, 5.74) is 1.64. The standard InChI is InChI=1S/C23H15Cl2NO3/c24-16-10-6-14(7-11-16)20-19(21(27)15-8-12-17(25)13-9-15)22(28)23(29)26(20)18-4-2-1-3-5-18/h1-13,20,27H/t20-/m0/s1. The second-order valence-electron chi connectivity index (χ2n) is 6.56. The van der Waals surface area contributed by atoms with Crippen molar-refractivity contribution >= 4 is 46.3 Å². The third-order valence-electron chi connectivity index (χ3n) is 4.78. The van der Waals surface area contributed by atoms with E-state index in [0.29, 0.717) is 26.9 Å². The Bertz CT molecular complexity index is 1110. The Balaban J connectivity index is 1.94. The van der Waals surface area contributed by atoms with Gasteiger partial charge in [-0.1, -0.05) is 53.5 Å². The fourth-order valence-electron chi connectivity index (χ4n) is 3.41. The second kappa shape index (κ2) is 7.74. The van der Waals surface area contributed by atoms with Crippen LogP contribution < -0.4 is 4.90 Å². The first kappa shape index (κ1) is 19.2. The molecule has 0 aromatic heterocycles. The second-order valence-corrected chi connectivity index (χ2v) is 7.44. The number of Topliss-reactive ketones (excluding diaryl/α,β-unsaturated/α-hetero) is 1. The molecule has 0 aliphatic carbocycles. The Hall–Kier alpha value is -3.08. The number of carbonyl (C=O) groups is 2. The van der Waals surface area contributed by atoms with Crippen LogP contribution in [0.5, 0.6) is 0 Å². The Morgan fingerprint density at radius 3 is 1.93 bits per heavy atom. The molecule has 1 heterocycles. The number of carbonyl (C=O) groups excluding carboxylic acids is 2. The van der Waals surface area contributed by atoms with Gasteiger partial charge in [0.05, 0.1) is 11.6 Å². The van der Waals surface area contributed by atoms with E-state index >= 15 is 0 Å². The van der Waals surface area contributed by atoms with Gasteiger partial charge in [0.2, 0.25) is 0 Å². The van der Waals surface area contributed by atoms with E-state index in [4.69, 9.17) is 23.2 Å². The van der Waals surface area contributed by atoms with Crippen LogP contribution in [0.3, 0.4) is 0 Å². The topological polar surface area (TPSA) is 57.6 Å². The molecule has 4 nitrogen and oxygen atoms in total. The van der Waals surface area contributed by atoms with Crippen molar-refractivity contribution in [2.24, 2.45) is 0 Å². The van der Waals surface area contributed by atoms with Gasteiger partial charge in [0.15, 0.2) is 0 Å². The van der Waals surface area contributed by atoms with E-state index in [2.05, 4.69) is 0 Å². The minimum Gasteiger partial charge on any atom is -0.507 e. The van der Waals surface area contributed by atoms with Gasteiger partial charge in [-0.25, -0.2) is 0 Å². The summed E-state index contributed by atoms with van der Waals surface area (Å²) in [7, 11) is 0. The van der Waals surface area contributed by atoms with E-state index in [1.165, 1.54) is 4.90 Å². The zero-order valence-corrected chi connectivity index (χ0v) is 16.6. The number of ketones is 1. The molecule has 1 amide bonds. The summed E-state index contributed by atoms with van der Waals surface area (Å²) in [4.78, 5) is 27.3. The Kier molecular flexibility index (Phi) is 5.14. The van der Waals surface area contributed by atoms with Gasteiger partial charge in [-0.05, 0) is 54.1 Å². The minimum absolute atomic E-state index is 0.0171. The van der Waals surface area contributed by atoms with Gasteiger partial charge < -0.3 is 5.11 Å². The molecular formula is C23H15Cl2NO3. The highest BCUT2D eigenvalue weighted by Gasteiger charge is 2.46. The maximum atomic E-state index is 13.0. The maximum absolute atomic E-state index is 13.0. The Morgan fingerprint density at radius 2 is 1.34 bits per heavy atom. The van der Waals surface area contributed by atoms with Crippen molar-refractivity contribution < 1.29 is 14.7 Å². The maximum Gasteiger partial charge on any atom is 0.300 e. The van der Waals surface area contributed by atoms with Gasteiger partial charge in [0.25, 0.3) is 11.7 Å². The molecule has 0 saturated carbocycles. The molecule has 4 rings (SSSR count). The van der Waals surface area contributed by atoms with Crippen LogP contribution in [0.1, 0.15) is 17.2 Å². The van der Waals surface area contributed by atoms with Crippen LogP contribution in [0.15, 0.2) is 84.4 Å². The largest absolute Gasteiger partial charge is 0.507 e. The van der Waals surface area contributed by atoms with E-state index in [-0.39, 0.29) is 11.3 Å². The lowest BCUT2D eigenvalue weighted by molar-refractivity contribution is -0.132. The van der Waals surface area contributed by atoms with Gasteiger partial charge >= 0.3 is 0 Å². The van der Waals surface area contributed by atoms with Crippen LogP contribution in [0.4, 0.5) is 5.69 Å². The van der Waals surface area contributed by atoms with Crippen molar-refractivity contribution in [3.8, 4) is 0 Å². The molecule has 3 aromatic carbocycles. The van der Waals surface area contributed by atoms with Crippen LogP contribution >= 0.6 is 23.2 Å². The van der Waals surface area contributed by atoms with Crippen LogP contribution in [-0.4, -0.2) is 16.8 Å². The molecule has 0 spiro atoms. The lowest BCUT2D eigenvalue weighted by Crippen LogP contribution is -2.29. The molecule has 144 valence electrons. The number of rotatable bonds is 3. The number of hydrogen-bond donors (Lipinski definition) is 1. The normalized spacial score (nSPS) is 18.3. The monoisotopic (exact) mass is 423 g/mol. The van der Waals surface area contributed by atoms with Crippen molar-refractivity contribution in [2.75, 3.05) is 4.90 Å². The van der Waals surface area contributed by atoms with Crippen LogP contribution in [0.25, 0.3) is 5.76 Å². The summed E-state index contributed by atoms with van der Waals surface area (Å²) >= 11 is 11.9. The third-order valence-corrected chi connectivity index (χ3v) is 5.29. The van der Waals surface area contributed by atoms with E-state index in [0.717, 1.165) is 0 Å². The SMILES string of the molecule is O=C1C(=O)N(c2ccccc2)[C@@H](c2ccc(Cl)cc2)C1=C(O)c1ccc(Cl)cc1. The molecule has 1 fully saturated rings. The number of aliphatic hydroxyl groups excluding tert-OH is 1. The van der Waals surface area contributed by atoms with Crippen LogP contribution in [0, 0.1) is 0 Å². The lowest BCUT2D eigenvalue weighted by Gasteiger charge is -2.25. The molecule has 0 bridgehead atoms. The molecular weight excluding hydrogens is 409 g/mol. The first-order chi connectivity index (χ1) is 14.0. The predicted molar refractivity (Wildman–Crippen MR) is 114 cm³/mol. The fourth-order valence-corrected chi connectivity index (χ4v) is 3.66. The van der Waals surface area contributed by atoms with Gasteiger partial charge in [-0.3, -0.25) is 14.5 Å². The first-order valence-corrected chi connectivity index (χ1v) is 9.60. The van der Waals surface area contributed by atoms with E-state index < -0.39 is 17.7 Å². The summed E-state index contributed by atoms with van der Waals surface area (Å²) in [6.07, 6.45) is 0. The quantitative estimate of drug-likeness (QED) is 0.337. The summed E-state index contributed by atoms with van der Waals surface area (Å²) < 4.78 is 0. The van der Waals surface area contributed by atoms with E-state index in [1.54, 1.807) is 72.8 Å². The number of anilines is 1. The molecule has 3 aromatic rings. The number of aliphatic hydroxyl groups is 1. The van der Waals surface area contributed by atoms with Gasteiger partial charge in [-0.2, -0.15) is 0 Å². The fraction of sp³-hybridized carbons (Fsp3) is 0.0435. The summed E-state index contributed by atoms with van der Waals surface area (Å²) in [5, 5.41) is 12.0. The van der Waals surface area contributed by atoms with Crippen molar-refractivity contribution in [1.82, 2.24) is 0 Å². The Labute approximate surface area is 177 Å². The van der Waals surface area contributed by atoms with Crippen molar-refractivity contribution in [2.45, 2.75) is 6.04 Å². The first-order valence-electron chi connectivity index (χ1n) is 8.85. The van der Waals surface area contributed by atoms with Crippen molar-refractivity contribution in [1.29, 1.82) is 0 Å². The number of nitrogens with zero attached hydrogens (tertiary/aromatic N) is 1. The third kappa shape index (κ3) is 3.53. The van der Waals surface area contributed by atoms with Gasteiger partial charge in [0, 0.05) is 21.3 Å². The van der Waals surface area contributed by atoms with Crippen molar-refractivity contribution in [3.05, 3.63) is 106 Å². The Morgan fingerprint density at radius 1 is 0.793 bits per heavy atom. The predicted octanol–water partition coefficient (Wildman–Crippen LogP) is 5.62. The number of halogens is 2. The molecule has 1 aliphatic heterocycles. The molecule has 29 heavy (non-hydrogen) atoms. The molecule has 6 heteroatoms. The molecule has 1 atom stereocenters. The molecule has 0 radical (unpaired) electrons. The average molecular weight is 424 g/mol. The van der Waals surface area contributed by atoms with Crippen LogP contribution in [0.2, 0.25) is 10.0 Å². The van der Waals surface area contributed by atoms with E-state index in [1.807, 2.05) is 6.07 Å². The number of hydrogen-bond acceptors (Lipinski definition) is 3. The van der Waals surface area contributed by atoms with Gasteiger partial charge in [-0.15, -0.1) is 0 Å². The summed E-state index contributed by atoms with van der Waals surface area (Å²) in [6, 6.07) is 21.4. The highest BCUT2D eigenvalue weighted by Crippen LogP contribution is 2.42. The number of amides is 1. The molecule has 1 N–H and O–H groups in total. The zero-order chi connectivity index (χ0) is 20.5. The number of para-hydroxylation sites is 1. The molecule has 0 unspecified atom stereocenters. The highest BCUT2D eigenvalue weighted by molar-refractivity contribution is 6.51. The molecule has 1 aliphatic rings. The number of benzene rings is 3. The molecule has 1 saturated heterocycles. The summed E-state index contributed by atoms with van der Waals surface area (Å²) in [6.45, 7) is 0. The minimum atomic E-state index is -0.787. The van der Waals surface area contributed by atoms with Crippen LogP contribution in [-0.2, 0) is 9.59 Å². The highest BCUT2D eigenvalue weighted by atomic mass is 35.5. The van der Waals surface area contributed by atoms with Crippen molar-refractivity contribution in [3.63, 3.8) is 0 Å². The lowest BCUT2D eigenvalue weighted by atomic mass is 9.95. The zero-order valence-electron chi connectivity index (χ0n) is 15.0. The van der Waals surface area contributed by atoms with E-state index in [9.17, 15) is 14.7 Å². The van der Waals surface area contributed by atoms with Gasteiger partial charge in [0.1, 0.15) is 5.76 Å². The average Bonchev–Trinajstić information content (AvgIpc) is 3.00. The summed E-state index contributed by atoms with van der Waals surface area (Å²) in [5.74, 6) is -1.70.